The summed E-state index contributed by atoms with van der Waals surface area (Å²) in [5.41, 5.74) is 1.75. The molecule has 8 heteroatoms. The Morgan fingerprint density at radius 1 is 1.26 bits per heavy atom. The number of anilines is 1. The van der Waals surface area contributed by atoms with Crippen LogP contribution in [0.2, 0.25) is 0 Å². The van der Waals surface area contributed by atoms with Gasteiger partial charge in [-0.3, -0.25) is 4.79 Å². The molecular formula is C15H17BrN2O4S. The predicted molar refractivity (Wildman–Crippen MR) is 90.9 cm³/mol. The Bertz CT molecular complexity index is 778. The highest BCUT2D eigenvalue weighted by molar-refractivity contribution is 9.10. The lowest BCUT2D eigenvalue weighted by molar-refractivity contribution is -0.115. The number of carbonyl (C=O) groups excluding carboxylic acids is 1. The molecule has 124 valence electrons. The summed E-state index contributed by atoms with van der Waals surface area (Å²) < 4.78 is 30.2. The number of benzene rings is 1. The van der Waals surface area contributed by atoms with Crippen LogP contribution in [-0.4, -0.2) is 25.2 Å². The van der Waals surface area contributed by atoms with Crippen molar-refractivity contribution < 1.29 is 17.7 Å². The molecule has 1 aromatic carbocycles. The van der Waals surface area contributed by atoms with Crippen molar-refractivity contribution in [2.75, 3.05) is 11.1 Å². The van der Waals surface area contributed by atoms with Crippen LogP contribution in [0.1, 0.15) is 23.4 Å². The van der Waals surface area contributed by atoms with E-state index >= 15 is 0 Å². The normalized spacial score (nSPS) is 11.4. The maximum atomic E-state index is 12.1. The Morgan fingerprint density at radius 3 is 2.48 bits per heavy atom. The molecule has 1 N–H and O–H groups in total. The number of nitrogens with zero attached hydrogens (tertiary/aromatic N) is 1. The molecule has 1 amide bonds. The molecule has 1 aromatic heterocycles. The van der Waals surface area contributed by atoms with Crippen LogP contribution in [0.5, 0.6) is 0 Å². The number of carbonyl (C=O) groups is 1. The quantitative estimate of drug-likeness (QED) is 0.804. The van der Waals surface area contributed by atoms with Gasteiger partial charge in [-0.1, -0.05) is 21.1 Å². The second-order valence-electron chi connectivity index (χ2n) is 5.20. The van der Waals surface area contributed by atoms with Crippen molar-refractivity contribution in [1.82, 2.24) is 5.16 Å². The molecule has 0 radical (unpaired) electrons. The van der Waals surface area contributed by atoms with Crippen LogP contribution < -0.4 is 5.32 Å². The first-order chi connectivity index (χ1) is 10.8. The fourth-order valence-corrected chi connectivity index (χ4v) is 3.76. The molecule has 1 heterocycles. The largest absolute Gasteiger partial charge is 0.361 e. The van der Waals surface area contributed by atoms with Crippen molar-refractivity contribution in [2.45, 2.75) is 26.0 Å². The standard InChI is InChI=1S/C15H17BrN2O4S/c1-10-14(11(2)22-18-10)9-23(20,21)8-7-15(19)17-13-5-3-12(16)4-6-13/h3-6H,7-9H2,1-2H3,(H,17,19). The lowest BCUT2D eigenvalue weighted by Gasteiger charge is -2.06. The molecule has 0 atom stereocenters. The van der Waals surface area contributed by atoms with E-state index in [-0.39, 0.29) is 23.8 Å². The highest BCUT2D eigenvalue weighted by Gasteiger charge is 2.19. The van der Waals surface area contributed by atoms with Gasteiger partial charge in [0.2, 0.25) is 5.91 Å². The van der Waals surface area contributed by atoms with E-state index in [1.807, 2.05) is 0 Å². The van der Waals surface area contributed by atoms with Crippen molar-refractivity contribution in [3.63, 3.8) is 0 Å². The van der Waals surface area contributed by atoms with Crippen LogP contribution >= 0.6 is 15.9 Å². The van der Waals surface area contributed by atoms with E-state index in [1.54, 1.807) is 38.1 Å². The summed E-state index contributed by atoms with van der Waals surface area (Å²) in [5, 5.41) is 6.40. The minimum atomic E-state index is -3.41. The molecule has 23 heavy (non-hydrogen) atoms. The Hall–Kier alpha value is -1.67. The summed E-state index contributed by atoms with van der Waals surface area (Å²) in [6, 6.07) is 7.06. The zero-order chi connectivity index (χ0) is 17.0. The monoisotopic (exact) mass is 400 g/mol. The van der Waals surface area contributed by atoms with E-state index in [1.165, 1.54) is 0 Å². The molecule has 0 aliphatic rings. The van der Waals surface area contributed by atoms with Gasteiger partial charge in [0.25, 0.3) is 0 Å². The van der Waals surface area contributed by atoms with Gasteiger partial charge in [0, 0.05) is 22.1 Å². The number of rotatable bonds is 6. The van der Waals surface area contributed by atoms with Crippen molar-refractivity contribution in [3.8, 4) is 0 Å². The van der Waals surface area contributed by atoms with E-state index in [9.17, 15) is 13.2 Å². The molecule has 0 aliphatic heterocycles. The molecule has 0 saturated heterocycles. The molecule has 0 unspecified atom stereocenters. The second kappa shape index (κ2) is 7.27. The summed E-state index contributed by atoms with van der Waals surface area (Å²) in [6.07, 6.45) is -0.0955. The minimum absolute atomic E-state index is 0.0955. The van der Waals surface area contributed by atoms with Crippen LogP contribution in [0.4, 0.5) is 5.69 Å². The fourth-order valence-electron chi connectivity index (χ4n) is 2.00. The van der Waals surface area contributed by atoms with Crippen molar-refractivity contribution in [3.05, 3.63) is 45.8 Å². The van der Waals surface area contributed by atoms with Gasteiger partial charge in [0.1, 0.15) is 5.76 Å². The van der Waals surface area contributed by atoms with Crippen LogP contribution in [0.3, 0.4) is 0 Å². The third kappa shape index (κ3) is 5.18. The number of nitrogens with one attached hydrogen (secondary N) is 1. The van der Waals surface area contributed by atoms with E-state index in [0.29, 0.717) is 22.7 Å². The maximum Gasteiger partial charge on any atom is 0.225 e. The van der Waals surface area contributed by atoms with Crippen LogP contribution in [0.15, 0.2) is 33.3 Å². The zero-order valence-corrected chi connectivity index (χ0v) is 15.2. The molecule has 0 spiro atoms. The molecule has 6 nitrogen and oxygen atoms in total. The fraction of sp³-hybridized carbons (Fsp3) is 0.333. The first kappa shape index (κ1) is 17.7. The average molecular weight is 401 g/mol. The molecule has 2 aromatic rings. The Kier molecular flexibility index (Phi) is 5.59. The highest BCUT2D eigenvalue weighted by atomic mass is 79.9. The van der Waals surface area contributed by atoms with Crippen molar-refractivity contribution >= 4 is 37.4 Å². The molecule has 0 bridgehead atoms. The first-order valence-electron chi connectivity index (χ1n) is 6.94. The number of aromatic nitrogens is 1. The lowest BCUT2D eigenvalue weighted by atomic mass is 10.2. The number of hydrogen-bond donors (Lipinski definition) is 1. The Morgan fingerprint density at radius 2 is 1.91 bits per heavy atom. The molecule has 2 rings (SSSR count). The summed E-state index contributed by atoms with van der Waals surface area (Å²) in [4.78, 5) is 11.9. The topological polar surface area (TPSA) is 89.3 Å². The van der Waals surface area contributed by atoms with Gasteiger partial charge in [-0.15, -0.1) is 0 Å². The van der Waals surface area contributed by atoms with Crippen molar-refractivity contribution in [2.24, 2.45) is 0 Å². The van der Waals surface area contributed by atoms with Crippen LogP contribution in [0, 0.1) is 13.8 Å². The predicted octanol–water partition coefficient (Wildman–Crippen LogP) is 3.00. The SMILES string of the molecule is Cc1noc(C)c1CS(=O)(=O)CCC(=O)Nc1ccc(Br)cc1. The van der Waals surface area contributed by atoms with E-state index in [4.69, 9.17) is 4.52 Å². The van der Waals surface area contributed by atoms with Gasteiger partial charge in [-0.25, -0.2) is 8.42 Å². The van der Waals surface area contributed by atoms with Gasteiger partial charge in [-0.05, 0) is 38.1 Å². The molecule has 0 aliphatic carbocycles. The molecule has 0 saturated carbocycles. The first-order valence-corrected chi connectivity index (χ1v) is 9.56. The number of halogens is 1. The maximum absolute atomic E-state index is 12.1. The third-order valence-electron chi connectivity index (χ3n) is 3.31. The van der Waals surface area contributed by atoms with Crippen LogP contribution in [0.25, 0.3) is 0 Å². The second-order valence-corrected chi connectivity index (χ2v) is 8.30. The summed E-state index contributed by atoms with van der Waals surface area (Å²) in [6.45, 7) is 3.37. The van der Waals surface area contributed by atoms with Crippen molar-refractivity contribution in [1.29, 1.82) is 0 Å². The van der Waals surface area contributed by atoms with Gasteiger partial charge < -0.3 is 9.84 Å². The zero-order valence-electron chi connectivity index (χ0n) is 12.8. The third-order valence-corrected chi connectivity index (χ3v) is 5.40. The summed E-state index contributed by atoms with van der Waals surface area (Å²) in [7, 11) is -3.41. The Balaban J connectivity index is 1.91. The van der Waals surface area contributed by atoms with Gasteiger partial charge in [0.15, 0.2) is 9.84 Å². The summed E-state index contributed by atoms with van der Waals surface area (Å²) in [5.74, 6) is -0.237. The van der Waals surface area contributed by atoms with Gasteiger partial charge >= 0.3 is 0 Å². The lowest BCUT2D eigenvalue weighted by Crippen LogP contribution is -2.18. The number of amides is 1. The summed E-state index contributed by atoms with van der Waals surface area (Å²) >= 11 is 3.30. The van der Waals surface area contributed by atoms with E-state index < -0.39 is 9.84 Å². The van der Waals surface area contributed by atoms with Crippen LogP contribution in [-0.2, 0) is 20.4 Å². The smallest absolute Gasteiger partial charge is 0.225 e. The van der Waals surface area contributed by atoms with E-state index in [0.717, 1.165) is 4.47 Å². The highest BCUT2D eigenvalue weighted by Crippen LogP contribution is 2.17. The molecular weight excluding hydrogens is 384 g/mol. The number of sulfone groups is 1. The van der Waals surface area contributed by atoms with E-state index in [2.05, 4.69) is 26.4 Å². The Labute approximate surface area is 143 Å². The van der Waals surface area contributed by atoms with Gasteiger partial charge in [-0.2, -0.15) is 0 Å². The minimum Gasteiger partial charge on any atom is -0.361 e. The molecule has 0 fully saturated rings. The average Bonchev–Trinajstić information content (AvgIpc) is 2.79. The number of hydrogen-bond acceptors (Lipinski definition) is 5. The van der Waals surface area contributed by atoms with Gasteiger partial charge in [0.05, 0.1) is 17.2 Å². The number of aryl methyl sites for hydroxylation is 2.